The Balaban J connectivity index is 2.44. The van der Waals surface area contributed by atoms with Gasteiger partial charge in [0.25, 0.3) is 0 Å². The molecular weight excluding hydrogens is 224 g/mol. The van der Waals surface area contributed by atoms with Crippen LogP contribution in [0.25, 0.3) is 0 Å². The predicted octanol–water partition coefficient (Wildman–Crippen LogP) is -0.312. The van der Waals surface area contributed by atoms with Gasteiger partial charge >= 0.3 is 22.1 Å². The SMILES string of the molecule is CCOC(=O)C1CC1C(=O)OS(C)(=O)=O. The third-order valence-electron chi connectivity index (χ3n) is 1.92. The predicted molar refractivity (Wildman–Crippen MR) is 49.2 cm³/mol. The molecule has 1 saturated carbocycles. The van der Waals surface area contributed by atoms with E-state index in [1.807, 2.05) is 0 Å². The van der Waals surface area contributed by atoms with Gasteiger partial charge in [-0.1, -0.05) is 0 Å². The average molecular weight is 236 g/mol. The summed E-state index contributed by atoms with van der Waals surface area (Å²) in [6.45, 7) is 1.90. The summed E-state index contributed by atoms with van der Waals surface area (Å²) < 4.78 is 30.1. The summed E-state index contributed by atoms with van der Waals surface area (Å²) >= 11 is 0. The van der Waals surface area contributed by atoms with Crippen LogP contribution in [0.3, 0.4) is 0 Å². The van der Waals surface area contributed by atoms with Crippen LogP contribution in [0.4, 0.5) is 0 Å². The molecule has 0 radical (unpaired) electrons. The first kappa shape index (κ1) is 12.0. The third kappa shape index (κ3) is 3.50. The lowest BCUT2D eigenvalue weighted by Gasteiger charge is -2.01. The van der Waals surface area contributed by atoms with Gasteiger partial charge in [-0.05, 0) is 13.3 Å². The highest BCUT2D eigenvalue weighted by atomic mass is 32.2. The van der Waals surface area contributed by atoms with E-state index in [0.29, 0.717) is 6.42 Å². The zero-order valence-electron chi connectivity index (χ0n) is 8.43. The summed E-state index contributed by atoms with van der Waals surface area (Å²) in [5.74, 6) is -2.57. The molecule has 0 bridgehead atoms. The Morgan fingerprint density at radius 2 is 1.80 bits per heavy atom. The zero-order chi connectivity index (χ0) is 11.6. The van der Waals surface area contributed by atoms with Gasteiger partial charge in [0.15, 0.2) is 0 Å². The van der Waals surface area contributed by atoms with Crippen molar-refractivity contribution < 1.29 is 26.9 Å². The largest absolute Gasteiger partial charge is 0.466 e. The van der Waals surface area contributed by atoms with E-state index in [9.17, 15) is 18.0 Å². The molecule has 1 aliphatic rings. The quantitative estimate of drug-likeness (QED) is 0.491. The first-order valence-electron chi connectivity index (χ1n) is 4.45. The minimum absolute atomic E-state index is 0.239. The van der Waals surface area contributed by atoms with Gasteiger partial charge in [-0.25, -0.2) is 0 Å². The second-order valence-corrected chi connectivity index (χ2v) is 4.88. The van der Waals surface area contributed by atoms with Gasteiger partial charge in [-0.15, -0.1) is 0 Å². The lowest BCUT2D eigenvalue weighted by Crippen LogP contribution is -2.16. The Bertz CT molecular complexity index is 371. The van der Waals surface area contributed by atoms with E-state index in [2.05, 4.69) is 8.92 Å². The Kier molecular flexibility index (Phi) is 3.33. The van der Waals surface area contributed by atoms with E-state index in [4.69, 9.17) is 0 Å². The molecule has 1 fully saturated rings. The highest BCUT2D eigenvalue weighted by Gasteiger charge is 2.51. The summed E-state index contributed by atoms with van der Waals surface area (Å²) in [6.07, 6.45) is 1.08. The van der Waals surface area contributed by atoms with Gasteiger partial charge < -0.3 is 8.92 Å². The number of esters is 1. The zero-order valence-corrected chi connectivity index (χ0v) is 9.24. The molecular formula is C8H12O6S. The highest BCUT2D eigenvalue weighted by molar-refractivity contribution is 7.86. The van der Waals surface area contributed by atoms with Crippen molar-refractivity contribution in [3.8, 4) is 0 Å². The van der Waals surface area contributed by atoms with Gasteiger partial charge in [0, 0.05) is 0 Å². The van der Waals surface area contributed by atoms with Crippen LogP contribution < -0.4 is 0 Å². The van der Waals surface area contributed by atoms with E-state index in [1.165, 1.54) is 0 Å². The minimum atomic E-state index is -3.79. The molecule has 1 aliphatic carbocycles. The number of hydrogen-bond donors (Lipinski definition) is 0. The molecule has 0 aromatic heterocycles. The Labute approximate surface area is 87.7 Å². The topological polar surface area (TPSA) is 86.7 Å². The Morgan fingerprint density at radius 3 is 2.27 bits per heavy atom. The van der Waals surface area contributed by atoms with Crippen LogP contribution in [0.5, 0.6) is 0 Å². The molecule has 0 heterocycles. The van der Waals surface area contributed by atoms with Gasteiger partial charge in [0.2, 0.25) is 0 Å². The maximum atomic E-state index is 11.1. The first-order chi connectivity index (χ1) is 6.85. The number of carbonyl (C=O) groups excluding carboxylic acids is 2. The van der Waals surface area contributed by atoms with Crippen LogP contribution in [-0.2, 0) is 28.6 Å². The number of hydrogen-bond acceptors (Lipinski definition) is 6. The molecule has 0 aliphatic heterocycles. The summed E-state index contributed by atoms with van der Waals surface area (Å²) in [4.78, 5) is 22.2. The lowest BCUT2D eigenvalue weighted by molar-refractivity contribution is -0.147. The summed E-state index contributed by atoms with van der Waals surface area (Å²) in [5.41, 5.74) is 0. The molecule has 2 atom stereocenters. The van der Waals surface area contributed by atoms with Crippen molar-refractivity contribution in [2.24, 2.45) is 11.8 Å². The van der Waals surface area contributed by atoms with Crippen LogP contribution in [0.2, 0.25) is 0 Å². The number of ether oxygens (including phenoxy) is 1. The summed E-state index contributed by atoms with van der Waals surface area (Å²) in [7, 11) is -3.79. The first-order valence-corrected chi connectivity index (χ1v) is 6.26. The fraction of sp³-hybridized carbons (Fsp3) is 0.750. The normalized spacial score (nSPS) is 24.4. The minimum Gasteiger partial charge on any atom is -0.466 e. The van der Waals surface area contributed by atoms with Crippen molar-refractivity contribution in [3.05, 3.63) is 0 Å². The van der Waals surface area contributed by atoms with E-state index >= 15 is 0 Å². The summed E-state index contributed by atoms with van der Waals surface area (Å²) in [5, 5.41) is 0. The maximum absolute atomic E-state index is 11.1. The second-order valence-electron chi connectivity index (χ2n) is 3.31. The van der Waals surface area contributed by atoms with Gasteiger partial charge in [-0.3, -0.25) is 9.59 Å². The molecule has 6 nitrogen and oxygen atoms in total. The van der Waals surface area contributed by atoms with Crippen LogP contribution in [0, 0.1) is 11.8 Å². The van der Waals surface area contributed by atoms with Crippen molar-refractivity contribution in [1.29, 1.82) is 0 Å². The average Bonchev–Trinajstić information content (AvgIpc) is 2.79. The highest BCUT2D eigenvalue weighted by Crippen LogP contribution is 2.40. The Morgan fingerprint density at radius 1 is 1.27 bits per heavy atom. The molecule has 0 amide bonds. The molecule has 0 saturated heterocycles. The lowest BCUT2D eigenvalue weighted by atomic mass is 10.3. The molecule has 2 unspecified atom stereocenters. The second kappa shape index (κ2) is 4.18. The van der Waals surface area contributed by atoms with Crippen LogP contribution >= 0.6 is 0 Å². The van der Waals surface area contributed by atoms with Crippen molar-refractivity contribution in [1.82, 2.24) is 0 Å². The van der Waals surface area contributed by atoms with E-state index < -0.39 is 33.9 Å². The molecule has 7 heteroatoms. The van der Waals surface area contributed by atoms with Crippen LogP contribution in [0.1, 0.15) is 13.3 Å². The molecule has 0 spiro atoms. The van der Waals surface area contributed by atoms with Crippen LogP contribution in [0.15, 0.2) is 0 Å². The van der Waals surface area contributed by atoms with Gasteiger partial charge in [-0.2, -0.15) is 8.42 Å². The number of rotatable bonds is 4. The fourth-order valence-corrected chi connectivity index (χ4v) is 1.60. The van der Waals surface area contributed by atoms with E-state index in [-0.39, 0.29) is 6.61 Å². The molecule has 1 rings (SSSR count). The van der Waals surface area contributed by atoms with E-state index in [0.717, 1.165) is 6.26 Å². The molecule has 86 valence electrons. The van der Waals surface area contributed by atoms with Crippen molar-refractivity contribution in [2.75, 3.05) is 12.9 Å². The monoisotopic (exact) mass is 236 g/mol. The standard InChI is InChI=1S/C8H12O6S/c1-3-13-7(9)5-4-6(5)8(10)14-15(2,11)12/h5-6H,3-4H2,1-2H3. The maximum Gasteiger partial charge on any atom is 0.326 e. The van der Waals surface area contributed by atoms with Crippen LogP contribution in [-0.4, -0.2) is 33.2 Å². The van der Waals surface area contributed by atoms with Crippen molar-refractivity contribution >= 4 is 22.1 Å². The molecule has 0 aromatic carbocycles. The number of carbonyl (C=O) groups is 2. The Hall–Kier alpha value is -1.11. The van der Waals surface area contributed by atoms with Gasteiger partial charge in [0.05, 0.1) is 24.7 Å². The molecule has 15 heavy (non-hydrogen) atoms. The van der Waals surface area contributed by atoms with Crippen molar-refractivity contribution in [3.63, 3.8) is 0 Å². The summed E-state index contributed by atoms with van der Waals surface area (Å²) in [6, 6.07) is 0. The smallest absolute Gasteiger partial charge is 0.326 e. The van der Waals surface area contributed by atoms with Gasteiger partial charge in [0.1, 0.15) is 0 Å². The van der Waals surface area contributed by atoms with Crippen molar-refractivity contribution in [2.45, 2.75) is 13.3 Å². The third-order valence-corrected chi connectivity index (χ3v) is 2.38. The molecule has 0 aromatic rings. The van der Waals surface area contributed by atoms with E-state index in [1.54, 1.807) is 6.92 Å². The molecule has 0 N–H and O–H groups in total. The fourth-order valence-electron chi connectivity index (χ4n) is 1.18.